The zero-order chi connectivity index (χ0) is 17.2. The van der Waals surface area contributed by atoms with Crippen LogP contribution in [0.5, 0.6) is 0 Å². The van der Waals surface area contributed by atoms with Crippen LogP contribution in [0.3, 0.4) is 0 Å². The van der Waals surface area contributed by atoms with E-state index in [1.807, 2.05) is 0 Å². The number of benzene rings is 2. The minimum atomic E-state index is -3.94. The predicted molar refractivity (Wildman–Crippen MR) is 86.8 cm³/mol. The van der Waals surface area contributed by atoms with E-state index in [-0.39, 0.29) is 27.1 Å². The minimum Gasteiger partial charge on any atom is -0.355 e. The van der Waals surface area contributed by atoms with Crippen LogP contribution in [0.4, 0.5) is 10.1 Å². The molecule has 8 heteroatoms. The lowest BCUT2D eigenvalue weighted by atomic mass is 10.1. The van der Waals surface area contributed by atoms with Crippen LogP contribution in [-0.2, 0) is 10.0 Å². The molecule has 122 valence electrons. The van der Waals surface area contributed by atoms with Gasteiger partial charge in [0.1, 0.15) is 5.82 Å². The van der Waals surface area contributed by atoms with Gasteiger partial charge < -0.3 is 5.32 Å². The second-order valence-electron chi connectivity index (χ2n) is 4.79. The average Bonchev–Trinajstić information content (AvgIpc) is 2.50. The molecule has 5 nitrogen and oxygen atoms in total. The Morgan fingerprint density at radius 3 is 2.48 bits per heavy atom. The molecular weight excluding hydrogens is 343 g/mol. The maximum atomic E-state index is 13.1. The summed E-state index contributed by atoms with van der Waals surface area (Å²) >= 11 is 5.63. The van der Waals surface area contributed by atoms with Crippen molar-refractivity contribution in [1.82, 2.24) is 5.32 Å². The molecule has 0 aromatic heterocycles. The van der Waals surface area contributed by atoms with Crippen LogP contribution in [0.25, 0.3) is 0 Å². The summed E-state index contributed by atoms with van der Waals surface area (Å²) in [5.41, 5.74) is 1.03. The molecule has 0 bridgehead atoms. The number of hydrogen-bond acceptors (Lipinski definition) is 3. The average molecular weight is 357 g/mol. The van der Waals surface area contributed by atoms with Crippen LogP contribution in [0.1, 0.15) is 15.9 Å². The molecule has 0 aliphatic carbocycles. The van der Waals surface area contributed by atoms with Crippen molar-refractivity contribution in [1.29, 1.82) is 0 Å². The van der Waals surface area contributed by atoms with E-state index in [0.717, 1.165) is 6.07 Å². The molecule has 0 radical (unpaired) electrons. The fourth-order valence-electron chi connectivity index (χ4n) is 1.92. The molecule has 0 heterocycles. The fourth-order valence-corrected chi connectivity index (χ4v) is 3.18. The molecule has 23 heavy (non-hydrogen) atoms. The maximum absolute atomic E-state index is 13.1. The SMILES string of the molecule is CNC(=O)c1cc(S(=O)(=O)Nc2ccc(F)c(Cl)c2)ccc1C. The molecular formula is C15H14ClFN2O3S. The normalized spacial score (nSPS) is 11.1. The van der Waals surface area contributed by atoms with E-state index in [1.165, 1.54) is 37.4 Å². The van der Waals surface area contributed by atoms with E-state index in [2.05, 4.69) is 10.0 Å². The molecule has 0 unspecified atom stereocenters. The molecule has 0 aliphatic rings. The van der Waals surface area contributed by atoms with E-state index in [4.69, 9.17) is 11.6 Å². The standard InChI is InChI=1S/C15H14ClFN2O3S/c1-9-3-5-11(8-12(9)15(20)18-2)23(21,22)19-10-4-6-14(17)13(16)7-10/h3-8,19H,1-2H3,(H,18,20). The molecule has 2 N–H and O–H groups in total. The zero-order valence-electron chi connectivity index (χ0n) is 12.4. The molecule has 0 saturated carbocycles. The fraction of sp³-hybridized carbons (Fsp3) is 0.133. The molecule has 2 aromatic rings. The molecule has 0 saturated heterocycles. The highest BCUT2D eigenvalue weighted by molar-refractivity contribution is 7.92. The van der Waals surface area contributed by atoms with Crippen molar-refractivity contribution in [2.75, 3.05) is 11.8 Å². The number of amides is 1. The van der Waals surface area contributed by atoms with Gasteiger partial charge in [0.25, 0.3) is 15.9 Å². The Morgan fingerprint density at radius 2 is 1.87 bits per heavy atom. The third-order valence-corrected chi connectivity index (χ3v) is 4.83. The first kappa shape index (κ1) is 17.2. The summed E-state index contributed by atoms with van der Waals surface area (Å²) < 4.78 is 40.2. The second kappa shape index (κ2) is 6.55. The van der Waals surface area contributed by atoms with E-state index in [9.17, 15) is 17.6 Å². The van der Waals surface area contributed by atoms with Crippen LogP contribution in [0.2, 0.25) is 5.02 Å². The van der Waals surface area contributed by atoms with Gasteiger partial charge >= 0.3 is 0 Å². The van der Waals surface area contributed by atoms with E-state index in [1.54, 1.807) is 6.92 Å². The third kappa shape index (κ3) is 3.80. The van der Waals surface area contributed by atoms with E-state index in [0.29, 0.717) is 5.56 Å². The molecule has 0 atom stereocenters. The number of anilines is 1. The maximum Gasteiger partial charge on any atom is 0.261 e. The van der Waals surface area contributed by atoms with Crippen molar-refractivity contribution in [3.63, 3.8) is 0 Å². The van der Waals surface area contributed by atoms with E-state index >= 15 is 0 Å². The van der Waals surface area contributed by atoms with Crippen molar-refractivity contribution in [3.05, 3.63) is 58.4 Å². The number of sulfonamides is 1. The van der Waals surface area contributed by atoms with Crippen molar-refractivity contribution in [3.8, 4) is 0 Å². The summed E-state index contributed by atoms with van der Waals surface area (Å²) in [6.45, 7) is 1.70. The molecule has 0 spiro atoms. The molecule has 1 amide bonds. The monoisotopic (exact) mass is 356 g/mol. The first-order chi connectivity index (χ1) is 10.7. The first-order valence-electron chi connectivity index (χ1n) is 6.55. The largest absolute Gasteiger partial charge is 0.355 e. The van der Waals surface area contributed by atoms with Gasteiger partial charge in [-0.05, 0) is 42.8 Å². The summed E-state index contributed by atoms with van der Waals surface area (Å²) in [5.74, 6) is -1.03. The number of aryl methyl sites for hydroxylation is 1. The van der Waals surface area contributed by atoms with Crippen molar-refractivity contribution >= 4 is 33.2 Å². The molecule has 0 aliphatic heterocycles. The van der Waals surface area contributed by atoms with Gasteiger partial charge in [0.05, 0.1) is 15.6 Å². The Kier molecular flexibility index (Phi) is 4.91. The van der Waals surface area contributed by atoms with Gasteiger partial charge in [-0.15, -0.1) is 0 Å². The molecule has 2 rings (SSSR count). The Labute approximate surface area is 138 Å². The smallest absolute Gasteiger partial charge is 0.261 e. The van der Waals surface area contributed by atoms with Crippen LogP contribution in [0, 0.1) is 12.7 Å². The van der Waals surface area contributed by atoms with Crippen LogP contribution < -0.4 is 10.0 Å². The third-order valence-electron chi connectivity index (χ3n) is 3.16. The van der Waals surface area contributed by atoms with Gasteiger partial charge in [-0.3, -0.25) is 9.52 Å². The first-order valence-corrected chi connectivity index (χ1v) is 8.41. The van der Waals surface area contributed by atoms with Crippen LogP contribution in [0.15, 0.2) is 41.3 Å². The summed E-state index contributed by atoms with van der Waals surface area (Å²) in [7, 11) is -2.48. The lowest BCUT2D eigenvalue weighted by Crippen LogP contribution is -2.20. The van der Waals surface area contributed by atoms with Crippen LogP contribution in [-0.4, -0.2) is 21.4 Å². The number of hydrogen-bond donors (Lipinski definition) is 2. The Hall–Kier alpha value is -2.12. The summed E-state index contributed by atoms with van der Waals surface area (Å²) in [6.07, 6.45) is 0. The lowest BCUT2D eigenvalue weighted by Gasteiger charge is -2.11. The van der Waals surface area contributed by atoms with Gasteiger partial charge in [0.2, 0.25) is 0 Å². The number of rotatable bonds is 4. The summed E-state index contributed by atoms with van der Waals surface area (Å²) in [4.78, 5) is 11.7. The Morgan fingerprint density at radius 1 is 1.17 bits per heavy atom. The van der Waals surface area contributed by atoms with Crippen molar-refractivity contribution in [2.24, 2.45) is 0 Å². The Balaban J connectivity index is 2.39. The van der Waals surface area contributed by atoms with Crippen molar-refractivity contribution in [2.45, 2.75) is 11.8 Å². The predicted octanol–water partition coefficient (Wildman–Crippen LogP) is 2.95. The number of carbonyl (C=O) groups excluding carboxylic acids is 1. The molecule has 2 aromatic carbocycles. The minimum absolute atomic E-state index is 0.0813. The van der Waals surface area contributed by atoms with Gasteiger partial charge in [-0.1, -0.05) is 17.7 Å². The number of carbonyl (C=O) groups is 1. The summed E-state index contributed by atoms with van der Waals surface area (Å²) in [6, 6.07) is 7.69. The number of halogens is 2. The number of nitrogens with one attached hydrogen (secondary N) is 2. The Bertz CT molecular complexity index is 869. The topological polar surface area (TPSA) is 75.3 Å². The second-order valence-corrected chi connectivity index (χ2v) is 6.88. The lowest BCUT2D eigenvalue weighted by molar-refractivity contribution is 0.0962. The zero-order valence-corrected chi connectivity index (χ0v) is 13.9. The highest BCUT2D eigenvalue weighted by Gasteiger charge is 2.18. The van der Waals surface area contributed by atoms with Crippen LogP contribution >= 0.6 is 11.6 Å². The quantitative estimate of drug-likeness (QED) is 0.884. The molecule has 0 fully saturated rings. The van der Waals surface area contributed by atoms with Gasteiger partial charge in [-0.2, -0.15) is 0 Å². The van der Waals surface area contributed by atoms with Gasteiger partial charge in [0, 0.05) is 12.6 Å². The highest BCUT2D eigenvalue weighted by atomic mass is 35.5. The van der Waals surface area contributed by atoms with Gasteiger partial charge in [-0.25, -0.2) is 12.8 Å². The van der Waals surface area contributed by atoms with Crippen molar-refractivity contribution < 1.29 is 17.6 Å². The highest BCUT2D eigenvalue weighted by Crippen LogP contribution is 2.23. The van der Waals surface area contributed by atoms with Gasteiger partial charge in [0.15, 0.2) is 0 Å². The summed E-state index contributed by atoms with van der Waals surface area (Å²) in [5, 5.41) is 2.26. The van der Waals surface area contributed by atoms with E-state index < -0.39 is 15.8 Å².